The minimum atomic E-state index is 0.709. The minimum absolute atomic E-state index is 0.709. The molecule has 0 amide bonds. The number of benzene rings is 1. The molecular weight excluding hydrogens is 258 g/mol. The minimum Gasteiger partial charge on any atom is -0.339 e. The zero-order valence-corrected chi connectivity index (χ0v) is 12.2. The van der Waals surface area contributed by atoms with Crippen LogP contribution in [-0.2, 0) is 12.2 Å². The van der Waals surface area contributed by atoms with Gasteiger partial charge in [0, 0.05) is 17.9 Å². The average molecular weight is 277 g/mol. The van der Waals surface area contributed by atoms with Gasteiger partial charge < -0.3 is 9.84 Å². The molecule has 0 aliphatic carbocycles. The van der Waals surface area contributed by atoms with Gasteiger partial charge in [-0.25, -0.2) is 0 Å². The van der Waals surface area contributed by atoms with E-state index in [1.54, 1.807) is 11.8 Å². The molecule has 5 heteroatoms. The molecule has 102 valence electrons. The molecule has 0 bridgehead atoms. The van der Waals surface area contributed by atoms with Crippen molar-refractivity contribution < 1.29 is 4.52 Å². The zero-order chi connectivity index (χ0) is 13.5. The molecule has 0 saturated heterocycles. The molecule has 2 rings (SSSR count). The van der Waals surface area contributed by atoms with Crippen LogP contribution in [0.15, 0.2) is 33.7 Å². The van der Waals surface area contributed by atoms with E-state index in [-0.39, 0.29) is 0 Å². The van der Waals surface area contributed by atoms with E-state index in [2.05, 4.69) is 53.6 Å². The summed E-state index contributed by atoms with van der Waals surface area (Å²) in [6.45, 7) is 6.02. The summed E-state index contributed by atoms with van der Waals surface area (Å²) in [5, 5.41) is 7.23. The summed E-state index contributed by atoms with van der Waals surface area (Å²) < 4.78 is 5.21. The number of rotatable bonds is 7. The molecule has 1 heterocycles. The fourth-order valence-electron chi connectivity index (χ4n) is 1.68. The van der Waals surface area contributed by atoms with Gasteiger partial charge >= 0.3 is 0 Å². The molecule has 2 aromatic rings. The normalized spacial score (nSPS) is 10.8. The molecule has 0 aliphatic heterocycles. The van der Waals surface area contributed by atoms with E-state index in [1.807, 2.05) is 0 Å². The number of nitrogens with one attached hydrogen (secondary N) is 1. The van der Waals surface area contributed by atoms with E-state index in [1.165, 1.54) is 10.5 Å². The maximum absolute atomic E-state index is 5.21. The first kappa shape index (κ1) is 14.1. The quantitative estimate of drug-likeness (QED) is 0.623. The number of nitrogens with zero attached hydrogens (tertiary/aromatic N) is 2. The SMILES string of the molecule is CCNCCc1nc(CSc2cccc(C)c2)no1. The van der Waals surface area contributed by atoms with E-state index in [0.29, 0.717) is 5.89 Å². The summed E-state index contributed by atoms with van der Waals surface area (Å²) >= 11 is 1.73. The Hall–Kier alpha value is -1.33. The van der Waals surface area contributed by atoms with Crippen molar-refractivity contribution in [2.75, 3.05) is 13.1 Å². The highest BCUT2D eigenvalue weighted by Crippen LogP contribution is 2.22. The predicted molar refractivity (Wildman–Crippen MR) is 77.3 cm³/mol. The van der Waals surface area contributed by atoms with Gasteiger partial charge in [-0.3, -0.25) is 0 Å². The largest absolute Gasteiger partial charge is 0.339 e. The van der Waals surface area contributed by atoms with Crippen molar-refractivity contribution in [3.63, 3.8) is 0 Å². The first-order valence-corrected chi connectivity index (χ1v) is 7.48. The Morgan fingerprint density at radius 3 is 3.05 bits per heavy atom. The number of hydrogen-bond acceptors (Lipinski definition) is 5. The Morgan fingerprint density at radius 1 is 1.37 bits per heavy atom. The van der Waals surface area contributed by atoms with E-state index in [4.69, 9.17) is 4.52 Å². The second-order valence-corrected chi connectivity index (χ2v) is 5.36. The maximum atomic E-state index is 5.21. The van der Waals surface area contributed by atoms with Gasteiger partial charge in [0.1, 0.15) is 0 Å². The lowest BCUT2D eigenvalue weighted by molar-refractivity contribution is 0.372. The second kappa shape index (κ2) is 7.31. The van der Waals surface area contributed by atoms with Gasteiger partial charge in [0.05, 0.1) is 5.75 Å². The standard InChI is InChI=1S/C14H19N3OS/c1-3-15-8-7-14-16-13(17-18-14)10-19-12-6-4-5-11(2)9-12/h4-6,9,15H,3,7-8,10H2,1-2H3. The molecule has 4 nitrogen and oxygen atoms in total. The molecule has 0 saturated carbocycles. The van der Waals surface area contributed by atoms with Crippen molar-refractivity contribution in [1.82, 2.24) is 15.5 Å². The van der Waals surface area contributed by atoms with Crippen LogP contribution < -0.4 is 5.32 Å². The van der Waals surface area contributed by atoms with Crippen molar-refractivity contribution in [2.24, 2.45) is 0 Å². The second-order valence-electron chi connectivity index (χ2n) is 4.31. The van der Waals surface area contributed by atoms with Crippen LogP contribution >= 0.6 is 11.8 Å². The van der Waals surface area contributed by atoms with Crippen LogP contribution in [0.5, 0.6) is 0 Å². The Bertz CT molecular complexity index is 513. The fourth-order valence-corrected chi connectivity index (χ4v) is 2.53. The van der Waals surface area contributed by atoms with E-state index >= 15 is 0 Å². The van der Waals surface area contributed by atoms with E-state index < -0.39 is 0 Å². The summed E-state index contributed by atoms with van der Waals surface area (Å²) in [6, 6.07) is 8.42. The molecule has 19 heavy (non-hydrogen) atoms. The van der Waals surface area contributed by atoms with Gasteiger partial charge in [0.2, 0.25) is 5.89 Å². The molecule has 1 aromatic carbocycles. The molecule has 0 fully saturated rings. The van der Waals surface area contributed by atoms with Crippen LogP contribution in [0, 0.1) is 6.92 Å². The summed E-state index contributed by atoms with van der Waals surface area (Å²) in [5.74, 6) is 2.22. The third kappa shape index (κ3) is 4.69. The smallest absolute Gasteiger partial charge is 0.227 e. The highest BCUT2D eigenvalue weighted by molar-refractivity contribution is 7.98. The van der Waals surface area contributed by atoms with Gasteiger partial charge in [-0.1, -0.05) is 29.8 Å². The highest BCUT2D eigenvalue weighted by Gasteiger charge is 2.06. The Morgan fingerprint density at radius 2 is 2.26 bits per heavy atom. The van der Waals surface area contributed by atoms with Crippen molar-refractivity contribution in [2.45, 2.75) is 30.9 Å². The van der Waals surface area contributed by atoms with E-state index in [9.17, 15) is 0 Å². The number of aryl methyl sites for hydroxylation is 1. The third-order valence-corrected chi connectivity index (χ3v) is 3.62. The summed E-state index contributed by atoms with van der Waals surface area (Å²) in [5.41, 5.74) is 1.27. The Balaban J connectivity index is 1.83. The predicted octanol–water partition coefficient (Wildman–Crippen LogP) is 2.82. The van der Waals surface area contributed by atoms with Gasteiger partial charge in [-0.15, -0.1) is 11.8 Å². The summed E-state index contributed by atoms with van der Waals surface area (Å²) in [7, 11) is 0. The van der Waals surface area contributed by atoms with Crippen molar-refractivity contribution in [3.05, 3.63) is 41.5 Å². The number of hydrogen-bond donors (Lipinski definition) is 1. The molecule has 0 aliphatic rings. The van der Waals surface area contributed by atoms with E-state index in [0.717, 1.165) is 31.1 Å². The van der Waals surface area contributed by atoms with Crippen molar-refractivity contribution in [1.29, 1.82) is 0 Å². The first-order valence-electron chi connectivity index (χ1n) is 6.49. The van der Waals surface area contributed by atoms with Crippen LogP contribution in [0.2, 0.25) is 0 Å². The molecule has 0 spiro atoms. The van der Waals surface area contributed by atoms with Gasteiger partial charge in [-0.05, 0) is 25.6 Å². The van der Waals surface area contributed by atoms with Gasteiger partial charge in [0.25, 0.3) is 0 Å². The summed E-state index contributed by atoms with van der Waals surface area (Å²) in [4.78, 5) is 5.62. The third-order valence-electron chi connectivity index (χ3n) is 2.63. The van der Waals surface area contributed by atoms with Crippen LogP contribution in [0.3, 0.4) is 0 Å². The van der Waals surface area contributed by atoms with Crippen LogP contribution in [0.4, 0.5) is 0 Å². The maximum Gasteiger partial charge on any atom is 0.227 e. The van der Waals surface area contributed by atoms with Crippen LogP contribution in [0.25, 0.3) is 0 Å². The molecule has 1 aromatic heterocycles. The fraction of sp³-hybridized carbons (Fsp3) is 0.429. The topological polar surface area (TPSA) is 51.0 Å². The van der Waals surface area contributed by atoms with Crippen molar-refractivity contribution >= 4 is 11.8 Å². The average Bonchev–Trinajstić information content (AvgIpc) is 2.85. The van der Waals surface area contributed by atoms with Crippen LogP contribution in [-0.4, -0.2) is 23.2 Å². The lowest BCUT2D eigenvalue weighted by Crippen LogP contribution is -2.16. The molecule has 0 atom stereocenters. The lowest BCUT2D eigenvalue weighted by atomic mass is 10.2. The monoisotopic (exact) mass is 277 g/mol. The number of aromatic nitrogens is 2. The van der Waals surface area contributed by atoms with Crippen molar-refractivity contribution in [3.8, 4) is 0 Å². The molecule has 0 radical (unpaired) electrons. The Kier molecular flexibility index (Phi) is 5.42. The number of likely N-dealkylation sites (N-methyl/N-ethyl adjacent to an activating group) is 1. The summed E-state index contributed by atoms with van der Waals surface area (Å²) in [6.07, 6.45) is 0.788. The molecular formula is C14H19N3OS. The molecule has 1 N–H and O–H groups in total. The first-order chi connectivity index (χ1) is 9.28. The Labute approximate surface area is 118 Å². The highest BCUT2D eigenvalue weighted by atomic mass is 32.2. The van der Waals surface area contributed by atoms with Crippen LogP contribution in [0.1, 0.15) is 24.2 Å². The molecule has 0 unspecified atom stereocenters. The van der Waals surface area contributed by atoms with Gasteiger partial charge in [0.15, 0.2) is 5.82 Å². The zero-order valence-electron chi connectivity index (χ0n) is 11.3. The van der Waals surface area contributed by atoms with Gasteiger partial charge in [-0.2, -0.15) is 4.98 Å². The lowest BCUT2D eigenvalue weighted by Gasteiger charge is -1.99. The number of thioether (sulfide) groups is 1.